The van der Waals surface area contributed by atoms with Crippen molar-refractivity contribution in [2.45, 2.75) is 44.8 Å². The lowest BCUT2D eigenvalue weighted by molar-refractivity contribution is -0.274. The maximum atomic E-state index is 12.3. The van der Waals surface area contributed by atoms with Crippen LogP contribution in [0.1, 0.15) is 39.3 Å². The molecule has 5 nitrogen and oxygen atoms in total. The Bertz CT molecular complexity index is 560. The number of rotatable bonds is 6. The Kier molecular flexibility index (Phi) is 6.94. The highest BCUT2D eigenvalue weighted by molar-refractivity contribution is 7.90. The van der Waals surface area contributed by atoms with Crippen molar-refractivity contribution in [3.63, 3.8) is 0 Å². The van der Waals surface area contributed by atoms with Crippen LogP contribution in [-0.4, -0.2) is 28.2 Å². The van der Waals surface area contributed by atoms with Crippen LogP contribution < -0.4 is 9.46 Å². The number of halogens is 3. The van der Waals surface area contributed by atoms with E-state index in [1.54, 1.807) is 27.7 Å². The van der Waals surface area contributed by atoms with Gasteiger partial charge in [0.2, 0.25) is 0 Å². The highest BCUT2D eigenvalue weighted by Crippen LogP contribution is 2.27. The Hall–Kier alpha value is -1.45. The summed E-state index contributed by atoms with van der Waals surface area (Å²) in [6.45, 7) is 6.77. The summed E-state index contributed by atoms with van der Waals surface area (Å²) in [7, 11) is 0. The number of nitrogens with one attached hydrogen (secondary N) is 1. The lowest BCUT2D eigenvalue weighted by Crippen LogP contribution is -2.44. The van der Waals surface area contributed by atoms with Gasteiger partial charge in [0.25, 0.3) is 0 Å². The molecule has 0 bridgehead atoms. The third-order valence-electron chi connectivity index (χ3n) is 2.73. The second-order valence-electron chi connectivity index (χ2n) is 5.80. The molecule has 2 atom stereocenters. The summed E-state index contributed by atoms with van der Waals surface area (Å²) in [6, 6.07) is 3.73. The molecule has 0 heterocycles. The fourth-order valence-corrected chi connectivity index (χ4v) is 2.45. The summed E-state index contributed by atoms with van der Waals surface area (Å²) in [5, 5.41) is 0. The second kappa shape index (κ2) is 8.09. The molecule has 0 aliphatic rings. The number of carbonyl (C=O) groups is 1. The van der Waals surface area contributed by atoms with E-state index >= 15 is 0 Å². The van der Waals surface area contributed by atoms with Gasteiger partial charge in [-0.2, -0.15) is 0 Å². The molecule has 0 aliphatic heterocycles. The van der Waals surface area contributed by atoms with E-state index < -0.39 is 40.2 Å². The first-order valence-electron chi connectivity index (χ1n) is 7.14. The lowest BCUT2D eigenvalue weighted by Gasteiger charge is -2.27. The third kappa shape index (κ3) is 6.58. The van der Waals surface area contributed by atoms with E-state index in [1.807, 2.05) is 0 Å². The zero-order chi connectivity index (χ0) is 18.5. The van der Waals surface area contributed by atoms with Crippen LogP contribution in [0.15, 0.2) is 24.3 Å². The molecule has 0 aliphatic carbocycles. The minimum atomic E-state index is -4.85. The van der Waals surface area contributed by atoms with Gasteiger partial charge in [-0.15, -0.1) is 17.9 Å². The zero-order valence-electron chi connectivity index (χ0n) is 13.8. The molecule has 1 N–H and O–H groups in total. The van der Waals surface area contributed by atoms with Crippen LogP contribution in [0.25, 0.3) is 0 Å². The first kappa shape index (κ1) is 20.6. The summed E-state index contributed by atoms with van der Waals surface area (Å²) in [6.07, 6.45) is -4.85. The minimum Gasteiger partial charge on any atom is -0.598 e. The fourth-order valence-electron chi connectivity index (χ4n) is 1.65. The van der Waals surface area contributed by atoms with Gasteiger partial charge in [-0.25, -0.2) is 4.79 Å². The van der Waals surface area contributed by atoms with E-state index in [2.05, 4.69) is 9.46 Å². The van der Waals surface area contributed by atoms with Crippen molar-refractivity contribution in [1.29, 1.82) is 0 Å². The number of carbonyl (C=O) groups excluding carboxylic acids is 1. The Morgan fingerprint density at radius 3 is 2.46 bits per heavy atom. The molecule has 0 unspecified atom stereocenters. The normalized spacial score (nSPS) is 14.8. The van der Waals surface area contributed by atoms with Gasteiger partial charge in [0.05, 0.1) is 6.61 Å². The van der Waals surface area contributed by atoms with Gasteiger partial charge < -0.3 is 14.0 Å². The largest absolute Gasteiger partial charge is 0.598 e. The summed E-state index contributed by atoms with van der Waals surface area (Å²) in [4.78, 5) is 12.1. The van der Waals surface area contributed by atoms with Crippen molar-refractivity contribution in [3.8, 4) is 5.75 Å². The smallest absolute Gasteiger partial charge is 0.573 e. The number of hydrogen-bond acceptors (Lipinski definition) is 5. The van der Waals surface area contributed by atoms with Crippen molar-refractivity contribution in [1.82, 2.24) is 4.72 Å². The minimum absolute atomic E-state index is 0.0813. The molecule has 1 rings (SSSR count). The molecule has 0 saturated heterocycles. The molecule has 0 radical (unpaired) electrons. The van der Waals surface area contributed by atoms with Gasteiger partial charge in [-0.05, 0) is 45.4 Å². The molecule has 0 spiro atoms. The lowest BCUT2D eigenvalue weighted by atomic mass is 10.1. The van der Waals surface area contributed by atoms with Gasteiger partial charge in [0.1, 0.15) is 10.5 Å². The molecule has 0 aromatic heterocycles. The van der Waals surface area contributed by atoms with Crippen LogP contribution in [0.4, 0.5) is 13.2 Å². The van der Waals surface area contributed by atoms with Gasteiger partial charge in [-0.3, -0.25) is 0 Å². The summed E-state index contributed by atoms with van der Waals surface area (Å²) in [5.74, 6) is -1.21. The maximum Gasteiger partial charge on any atom is 0.573 e. The van der Waals surface area contributed by atoms with E-state index in [9.17, 15) is 22.5 Å². The highest BCUT2D eigenvalue weighted by atomic mass is 32.2. The first-order chi connectivity index (χ1) is 10.9. The third-order valence-corrected chi connectivity index (χ3v) is 4.29. The molecule has 9 heteroatoms. The SMILES string of the molecule is CCOC(=O)[C@H](N[S@@+]([O-])C(C)(C)C)c1cccc(OC(F)(F)F)c1. The zero-order valence-corrected chi connectivity index (χ0v) is 14.6. The predicted molar refractivity (Wildman–Crippen MR) is 83.5 cm³/mol. The van der Waals surface area contributed by atoms with E-state index in [0.29, 0.717) is 0 Å². The molecule has 1 aromatic carbocycles. The van der Waals surface area contributed by atoms with E-state index in [1.165, 1.54) is 12.1 Å². The average Bonchev–Trinajstić information content (AvgIpc) is 2.42. The fraction of sp³-hybridized carbons (Fsp3) is 0.533. The van der Waals surface area contributed by atoms with E-state index in [-0.39, 0.29) is 12.2 Å². The monoisotopic (exact) mass is 367 g/mol. The molecule has 0 fully saturated rings. The molecule has 0 saturated carbocycles. The highest BCUT2D eigenvalue weighted by Gasteiger charge is 2.35. The van der Waals surface area contributed by atoms with Crippen molar-refractivity contribution < 1.29 is 32.0 Å². The average molecular weight is 367 g/mol. The molecule has 0 amide bonds. The van der Waals surface area contributed by atoms with Crippen molar-refractivity contribution in [3.05, 3.63) is 29.8 Å². The number of hydrogen-bond donors (Lipinski definition) is 1. The van der Waals surface area contributed by atoms with E-state index in [0.717, 1.165) is 12.1 Å². The Balaban J connectivity index is 3.10. The van der Waals surface area contributed by atoms with Crippen LogP contribution in [-0.2, 0) is 20.9 Å². The maximum absolute atomic E-state index is 12.3. The number of ether oxygens (including phenoxy) is 2. The van der Waals surface area contributed by atoms with Gasteiger partial charge >= 0.3 is 12.3 Å². The topological polar surface area (TPSA) is 70.6 Å². The molecule has 1 aromatic rings. The van der Waals surface area contributed by atoms with Gasteiger partial charge in [0.15, 0.2) is 6.04 Å². The van der Waals surface area contributed by atoms with Crippen LogP contribution in [0.2, 0.25) is 0 Å². The Morgan fingerprint density at radius 2 is 1.96 bits per heavy atom. The van der Waals surface area contributed by atoms with Crippen molar-refractivity contribution in [2.24, 2.45) is 0 Å². The van der Waals surface area contributed by atoms with Gasteiger partial charge in [0, 0.05) is 11.4 Å². The molecular formula is C15H20F3NO4S. The van der Waals surface area contributed by atoms with Gasteiger partial charge in [-0.1, -0.05) is 12.1 Å². The van der Waals surface area contributed by atoms with Crippen LogP contribution >= 0.6 is 0 Å². The quantitative estimate of drug-likeness (QED) is 0.617. The molecule has 24 heavy (non-hydrogen) atoms. The van der Waals surface area contributed by atoms with Crippen LogP contribution in [0.5, 0.6) is 5.75 Å². The number of benzene rings is 1. The van der Waals surface area contributed by atoms with Crippen molar-refractivity contribution >= 4 is 17.3 Å². The van der Waals surface area contributed by atoms with Crippen molar-refractivity contribution in [2.75, 3.05) is 6.61 Å². The molecular weight excluding hydrogens is 347 g/mol. The Morgan fingerprint density at radius 1 is 1.33 bits per heavy atom. The summed E-state index contributed by atoms with van der Waals surface area (Å²) >= 11 is -1.63. The summed E-state index contributed by atoms with van der Waals surface area (Å²) < 4.78 is 60.0. The van der Waals surface area contributed by atoms with Crippen LogP contribution in [0, 0.1) is 0 Å². The van der Waals surface area contributed by atoms with Crippen LogP contribution in [0.3, 0.4) is 0 Å². The molecule has 136 valence electrons. The number of esters is 1. The standard InChI is InChI=1S/C15H20F3NO4S/c1-5-22-13(20)12(19-24(21)14(2,3)4)10-7-6-8-11(9-10)23-15(16,17)18/h6-9,12,19H,5H2,1-4H3/t12-,24+/m1/s1. The predicted octanol–water partition coefficient (Wildman–Crippen LogP) is 3.24. The summed E-state index contributed by atoms with van der Waals surface area (Å²) in [5.41, 5.74) is 0.160. The number of alkyl halides is 3. The second-order valence-corrected chi connectivity index (χ2v) is 7.80. The van der Waals surface area contributed by atoms with E-state index in [4.69, 9.17) is 4.74 Å². The Labute approximate surface area is 141 Å². The first-order valence-corrected chi connectivity index (χ1v) is 8.29.